The molecule has 128 valence electrons. The van der Waals surface area contributed by atoms with Gasteiger partial charge in [0.25, 0.3) is 5.91 Å². The Balaban J connectivity index is 2.20. The number of nitrogens with one attached hydrogen (secondary N) is 1. The number of nitrogens with zero attached hydrogens (tertiary/aromatic N) is 2. The average molecular weight is 346 g/mol. The number of carbonyl (C=O) groups excluding carboxylic acids is 1. The summed E-state index contributed by atoms with van der Waals surface area (Å²) >= 11 is 6.01. The first kappa shape index (κ1) is 18.3. The maximum absolute atomic E-state index is 12.6. The molecule has 0 aliphatic heterocycles. The van der Waals surface area contributed by atoms with Crippen LogP contribution in [0, 0.1) is 6.92 Å². The second-order valence-electron chi connectivity index (χ2n) is 5.83. The molecule has 1 aromatic carbocycles. The van der Waals surface area contributed by atoms with E-state index in [-0.39, 0.29) is 5.91 Å². The zero-order valence-electron chi connectivity index (χ0n) is 14.5. The summed E-state index contributed by atoms with van der Waals surface area (Å²) in [7, 11) is 0. The van der Waals surface area contributed by atoms with E-state index in [1.807, 2.05) is 31.3 Å². The van der Waals surface area contributed by atoms with Gasteiger partial charge in [-0.15, -0.1) is 0 Å². The fourth-order valence-electron chi connectivity index (χ4n) is 2.56. The van der Waals surface area contributed by atoms with E-state index < -0.39 is 0 Å². The molecule has 1 N–H and O–H groups in total. The highest BCUT2D eigenvalue weighted by Gasteiger charge is 2.12. The molecule has 0 saturated carbocycles. The zero-order valence-corrected chi connectivity index (χ0v) is 15.2. The molecule has 1 heterocycles. The van der Waals surface area contributed by atoms with E-state index in [4.69, 9.17) is 11.6 Å². The predicted octanol–water partition coefficient (Wildman–Crippen LogP) is 4.92. The topological polar surface area (TPSA) is 45.2 Å². The number of amides is 1. The fraction of sp³-hybridized carbons (Fsp3) is 0.368. The molecule has 0 saturated heterocycles. The lowest BCUT2D eigenvalue weighted by atomic mass is 10.1. The van der Waals surface area contributed by atoms with Crippen LogP contribution in [0.15, 0.2) is 36.7 Å². The Morgan fingerprint density at radius 1 is 1.17 bits per heavy atom. The van der Waals surface area contributed by atoms with E-state index in [9.17, 15) is 4.79 Å². The van der Waals surface area contributed by atoms with Crippen LogP contribution in [0.5, 0.6) is 0 Å². The van der Waals surface area contributed by atoms with Gasteiger partial charge in [-0.2, -0.15) is 0 Å². The van der Waals surface area contributed by atoms with Crippen LogP contribution < -0.4 is 10.2 Å². The highest BCUT2D eigenvalue weighted by molar-refractivity contribution is 6.31. The van der Waals surface area contributed by atoms with E-state index >= 15 is 0 Å². The second-order valence-corrected chi connectivity index (χ2v) is 6.27. The maximum atomic E-state index is 12.6. The van der Waals surface area contributed by atoms with Crippen LogP contribution in [0.1, 0.15) is 42.6 Å². The second kappa shape index (κ2) is 8.69. The molecule has 0 radical (unpaired) electrons. The monoisotopic (exact) mass is 345 g/mol. The third kappa shape index (κ3) is 4.71. The number of anilines is 2. The predicted molar refractivity (Wildman–Crippen MR) is 101 cm³/mol. The minimum atomic E-state index is -0.178. The molecule has 1 aromatic heterocycles. The molecule has 1 amide bonds. The van der Waals surface area contributed by atoms with Gasteiger partial charge in [0.15, 0.2) is 0 Å². The van der Waals surface area contributed by atoms with Crippen LogP contribution in [0.2, 0.25) is 5.02 Å². The Hall–Kier alpha value is -2.07. The van der Waals surface area contributed by atoms with Crippen molar-refractivity contribution >= 4 is 28.9 Å². The summed E-state index contributed by atoms with van der Waals surface area (Å²) in [4.78, 5) is 19.1. The van der Waals surface area contributed by atoms with Gasteiger partial charge in [0, 0.05) is 30.0 Å². The summed E-state index contributed by atoms with van der Waals surface area (Å²) < 4.78 is 0. The van der Waals surface area contributed by atoms with Crippen molar-refractivity contribution in [1.82, 2.24) is 4.98 Å². The minimum absolute atomic E-state index is 0.178. The van der Waals surface area contributed by atoms with Crippen molar-refractivity contribution in [3.05, 3.63) is 52.8 Å². The Kier molecular flexibility index (Phi) is 6.62. The van der Waals surface area contributed by atoms with Gasteiger partial charge in [-0.25, -0.2) is 0 Å². The van der Waals surface area contributed by atoms with Gasteiger partial charge < -0.3 is 10.2 Å². The Labute approximate surface area is 148 Å². The molecule has 0 unspecified atom stereocenters. The third-order valence-corrected chi connectivity index (χ3v) is 4.02. The van der Waals surface area contributed by atoms with Gasteiger partial charge >= 0.3 is 0 Å². The molecule has 5 heteroatoms. The third-order valence-electron chi connectivity index (χ3n) is 3.79. The van der Waals surface area contributed by atoms with Gasteiger partial charge in [-0.3, -0.25) is 9.78 Å². The summed E-state index contributed by atoms with van der Waals surface area (Å²) in [6.45, 7) is 8.13. The first-order valence-electron chi connectivity index (χ1n) is 8.32. The zero-order chi connectivity index (χ0) is 17.5. The van der Waals surface area contributed by atoms with Crippen molar-refractivity contribution in [1.29, 1.82) is 0 Å². The fourth-order valence-corrected chi connectivity index (χ4v) is 2.73. The molecule has 2 aromatic rings. The molecular weight excluding hydrogens is 322 g/mol. The van der Waals surface area contributed by atoms with Gasteiger partial charge in [0.1, 0.15) is 0 Å². The Morgan fingerprint density at radius 2 is 1.88 bits per heavy atom. The van der Waals surface area contributed by atoms with Gasteiger partial charge in [0.05, 0.1) is 17.4 Å². The van der Waals surface area contributed by atoms with Crippen molar-refractivity contribution in [2.45, 2.75) is 33.6 Å². The first-order valence-corrected chi connectivity index (χ1v) is 8.70. The van der Waals surface area contributed by atoms with Crippen LogP contribution in [0.3, 0.4) is 0 Å². The minimum Gasteiger partial charge on any atom is -0.370 e. The molecule has 0 spiro atoms. The molecule has 0 aliphatic rings. The molecule has 0 aliphatic carbocycles. The maximum Gasteiger partial charge on any atom is 0.257 e. The molecule has 24 heavy (non-hydrogen) atoms. The Morgan fingerprint density at radius 3 is 2.54 bits per heavy atom. The number of hydrogen-bond acceptors (Lipinski definition) is 3. The molecule has 0 atom stereocenters. The van der Waals surface area contributed by atoms with Gasteiger partial charge in [-0.1, -0.05) is 31.5 Å². The van der Waals surface area contributed by atoms with Crippen molar-refractivity contribution in [3.63, 3.8) is 0 Å². The number of aryl methyl sites for hydroxylation is 1. The van der Waals surface area contributed by atoms with Crippen LogP contribution in [-0.4, -0.2) is 24.0 Å². The number of aromatic nitrogens is 1. The van der Waals surface area contributed by atoms with E-state index in [2.05, 4.69) is 29.0 Å². The van der Waals surface area contributed by atoms with E-state index in [1.165, 1.54) is 0 Å². The van der Waals surface area contributed by atoms with Crippen molar-refractivity contribution in [3.8, 4) is 0 Å². The smallest absolute Gasteiger partial charge is 0.257 e. The summed E-state index contributed by atoms with van der Waals surface area (Å²) in [6, 6.07) is 7.35. The highest BCUT2D eigenvalue weighted by Crippen LogP contribution is 2.22. The quantitative estimate of drug-likeness (QED) is 0.774. The lowest BCUT2D eigenvalue weighted by molar-refractivity contribution is 0.102. The Bertz CT molecular complexity index is 697. The van der Waals surface area contributed by atoms with Crippen LogP contribution in [-0.2, 0) is 0 Å². The van der Waals surface area contributed by atoms with E-state index in [0.29, 0.717) is 10.6 Å². The highest BCUT2D eigenvalue weighted by atomic mass is 35.5. The number of rotatable bonds is 7. The number of benzene rings is 1. The van der Waals surface area contributed by atoms with E-state index in [1.54, 1.807) is 12.3 Å². The number of pyridine rings is 1. The average Bonchev–Trinajstić information content (AvgIpc) is 2.58. The summed E-state index contributed by atoms with van der Waals surface area (Å²) in [5.41, 5.74) is 3.21. The van der Waals surface area contributed by atoms with Crippen molar-refractivity contribution in [2.75, 3.05) is 23.3 Å². The number of carbonyl (C=O) groups is 1. The van der Waals surface area contributed by atoms with Gasteiger partial charge in [0.2, 0.25) is 0 Å². The standard InChI is InChI=1S/C19H24ClN3O/c1-4-8-23(9-5-2)17-10-15(12-21-13-17)19(24)22-18-11-16(20)7-6-14(18)3/h6-7,10-13H,4-5,8-9H2,1-3H3,(H,22,24). The summed E-state index contributed by atoms with van der Waals surface area (Å²) in [5.74, 6) is -0.178. The van der Waals surface area contributed by atoms with Crippen molar-refractivity contribution in [2.24, 2.45) is 0 Å². The summed E-state index contributed by atoms with van der Waals surface area (Å²) in [6.07, 6.45) is 5.51. The SMILES string of the molecule is CCCN(CCC)c1cncc(C(=O)Nc2cc(Cl)ccc2C)c1. The van der Waals surface area contributed by atoms with Crippen molar-refractivity contribution < 1.29 is 4.79 Å². The van der Waals surface area contributed by atoms with Crippen LogP contribution in [0.25, 0.3) is 0 Å². The number of hydrogen-bond donors (Lipinski definition) is 1. The summed E-state index contributed by atoms with van der Waals surface area (Å²) in [5, 5.41) is 3.51. The largest absolute Gasteiger partial charge is 0.370 e. The first-order chi connectivity index (χ1) is 11.5. The van der Waals surface area contributed by atoms with Gasteiger partial charge in [-0.05, 0) is 43.5 Å². The molecule has 0 bridgehead atoms. The lowest BCUT2D eigenvalue weighted by Gasteiger charge is -2.23. The van der Waals surface area contributed by atoms with Crippen LogP contribution in [0.4, 0.5) is 11.4 Å². The molecule has 2 rings (SSSR count). The number of halogens is 1. The molecule has 4 nitrogen and oxygen atoms in total. The normalized spacial score (nSPS) is 10.5. The molecule has 0 fully saturated rings. The van der Waals surface area contributed by atoms with E-state index in [0.717, 1.165) is 42.9 Å². The van der Waals surface area contributed by atoms with Crippen LogP contribution >= 0.6 is 11.6 Å². The lowest BCUT2D eigenvalue weighted by Crippen LogP contribution is -2.25. The molecular formula is C19H24ClN3O.